The Morgan fingerprint density at radius 1 is 1.20 bits per heavy atom. The summed E-state index contributed by atoms with van der Waals surface area (Å²) in [5.41, 5.74) is 0.738. The van der Waals surface area contributed by atoms with Gasteiger partial charge < -0.3 is 4.57 Å². The van der Waals surface area contributed by atoms with Crippen molar-refractivity contribution >= 4 is 34.8 Å². The highest BCUT2D eigenvalue weighted by Crippen LogP contribution is 2.35. The zero-order valence-electron chi connectivity index (χ0n) is 7.84. The second-order valence-corrected chi connectivity index (χ2v) is 4.33. The molecule has 0 saturated carbocycles. The van der Waals surface area contributed by atoms with Gasteiger partial charge in [-0.05, 0) is 12.1 Å². The lowest BCUT2D eigenvalue weighted by molar-refractivity contribution is 0.925. The highest BCUT2D eigenvalue weighted by molar-refractivity contribution is 6.44. The molecule has 2 nitrogen and oxygen atoms in total. The largest absolute Gasteiger partial charge is 0.334 e. The summed E-state index contributed by atoms with van der Waals surface area (Å²) in [6, 6.07) is 3.36. The third kappa shape index (κ3) is 1.98. The summed E-state index contributed by atoms with van der Waals surface area (Å²) in [5, 5.41) is 1.44. The number of benzene rings is 1. The fourth-order valence-electron chi connectivity index (χ4n) is 1.34. The molecule has 15 heavy (non-hydrogen) atoms. The Morgan fingerprint density at radius 3 is 2.53 bits per heavy atom. The lowest BCUT2D eigenvalue weighted by Crippen LogP contribution is -1.92. The van der Waals surface area contributed by atoms with E-state index in [-0.39, 0.29) is 0 Å². The van der Waals surface area contributed by atoms with E-state index in [1.807, 2.05) is 17.8 Å². The van der Waals surface area contributed by atoms with Gasteiger partial charge in [-0.3, -0.25) is 0 Å². The van der Waals surface area contributed by atoms with Gasteiger partial charge in [-0.1, -0.05) is 34.8 Å². The summed E-state index contributed by atoms with van der Waals surface area (Å²) in [6.45, 7) is 0. The Morgan fingerprint density at radius 2 is 1.93 bits per heavy atom. The minimum Gasteiger partial charge on any atom is -0.334 e. The maximum atomic E-state index is 6.08. The third-order valence-corrected chi connectivity index (χ3v) is 3.08. The van der Waals surface area contributed by atoms with Crippen molar-refractivity contribution in [2.24, 2.45) is 7.05 Å². The molecule has 1 aromatic heterocycles. The number of halogens is 3. The van der Waals surface area contributed by atoms with E-state index >= 15 is 0 Å². The van der Waals surface area contributed by atoms with Gasteiger partial charge in [0.1, 0.15) is 5.82 Å². The van der Waals surface area contributed by atoms with Gasteiger partial charge in [0, 0.05) is 30.0 Å². The van der Waals surface area contributed by atoms with Crippen LogP contribution in [0.25, 0.3) is 11.4 Å². The van der Waals surface area contributed by atoms with E-state index in [2.05, 4.69) is 4.98 Å². The first-order valence-corrected chi connectivity index (χ1v) is 5.35. The van der Waals surface area contributed by atoms with Crippen LogP contribution in [0.5, 0.6) is 0 Å². The van der Waals surface area contributed by atoms with Gasteiger partial charge in [-0.15, -0.1) is 0 Å². The Kier molecular flexibility index (Phi) is 2.91. The second kappa shape index (κ2) is 4.05. The summed E-state index contributed by atoms with van der Waals surface area (Å²) < 4.78 is 1.86. The summed E-state index contributed by atoms with van der Waals surface area (Å²) in [6.07, 6.45) is 3.53. The normalized spacial score (nSPS) is 10.7. The molecule has 0 atom stereocenters. The Labute approximate surface area is 102 Å². The molecule has 0 unspecified atom stereocenters. The maximum Gasteiger partial charge on any atom is 0.141 e. The molecule has 0 saturated heterocycles. The van der Waals surface area contributed by atoms with Crippen molar-refractivity contribution in [3.63, 3.8) is 0 Å². The van der Waals surface area contributed by atoms with Crippen LogP contribution in [0.15, 0.2) is 24.5 Å². The number of nitrogens with zero attached hydrogens (tertiary/aromatic N) is 2. The molecule has 0 N–H and O–H groups in total. The Balaban J connectivity index is 2.68. The predicted molar refractivity (Wildman–Crippen MR) is 63.7 cm³/mol. The van der Waals surface area contributed by atoms with Gasteiger partial charge >= 0.3 is 0 Å². The highest BCUT2D eigenvalue weighted by Gasteiger charge is 2.12. The van der Waals surface area contributed by atoms with Crippen LogP contribution in [0.4, 0.5) is 0 Å². The molecular weight excluding hydrogens is 254 g/mol. The van der Waals surface area contributed by atoms with Crippen LogP contribution in [0.1, 0.15) is 0 Å². The van der Waals surface area contributed by atoms with Crippen molar-refractivity contribution in [1.29, 1.82) is 0 Å². The topological polar surface area (TPSA) is 17.8 Å². The van der Waals surface area contributed by atoms with Crippen LogP contribution in [0.3, 0.4) is 0 Å². The molecule has 0 radical (unpaired) electrons. The van der Waals surface area contributed by atoms with Crippen molar-refractivity contribution in [1.82, 2.24) is 9.55 Å². The van der Waals surface area contributed by atoms with Crippen molar-refractivity contribution in [2.45, 2.75) is 0 Å². The lowest BCUT2D eigenvalue weighted by Gasteiger charge is -2.06. The fraction of sp³-hybridized carbons (Fsp3) is 0.100. The SMILES string of the molecule is Cn1ccnc1-c1cc(Cl)cc(Cl)c1Cl. The molecule has 0 aliphatic heterocycles. The highest BCUT2D eigenvalue weighted by atomic mass is 35.5. The first kappa shape index (κ1) is 10.8. The molecule has 0 amide bonds. The monoisotopic (exact) mass is 260 g/mol. The average molecular weight is 262 g/mol. The number of aromatic nitrogens is 2. The van der Waals surface area contributed by atoms with Crippen LogP contribution in [-0.4, -0.2) is 9.55 Å². The van der Waals surface area contributed by atoms with Crippen LogP contribution in [0.2, 0.25) is 15.1 Å². The summed E-state index contributed by atoms with van der Waals surface area (Å²) in [4.78, 5) is 4.19. The predicted octanol–water partition coefficient (Wildman–Crippen LogP) is 4.05. The second-order valence-electron chi connectivity index (χ2n) is 3.11. The number of hydrogen-bond donors (Lipinski definition) is 0. The minimum absolute atomic E-state index is 0.433. The van der Waals surface area contributed by atoms with E-state index in [0.29, 0.717) is 15.1 Å². The van der Waals surface area contributed by atoms with Gasteiger partial charge in [0.2, 0.25) is 0 Å². The zero-order valence-corrected chi connectivity index (χ0v) is 10.1. The molecule has 5 heteroatoms. The van der Waals surface area contributed by atoms with Crippen LogP contribution < -0.4 is 0 Å². The minimum atomic E-state index is 0.433. The zero-order chi connectivity index (χ0) is 11.0. The molecule has 78 valence electrons. The van der Waals surface area contributed by atoms with Crippen molar-refractivity contribution in [3.8, 4) is 11.4 Å². The van der Waals surface area contributed by atoms with Crippen LogP contribution in [0, 0.1) is 0 Å². The third-order valence-electron chi connectivity index (χ3n) is 2.06. The number of imidazole rings is 1. The smallest absolute Gasteiger partial charge is 0.141 e. The Hall–Kier alpha value is -0.700. The van der Waals surface area contributed by atoms with Crippen LogP contribution >= 0.6 is 34.8 Å². The van der Waals surface area contributed by atoms with Gasteiger partial charge in [0.05, 0.1) is 10.0 Å². The standard InChI is InChI=1S/C10H7Cl3N2/c1-15-3-2-14-10(15)7-4-6(11)5-8(12)9(7)13/h2-5H,1H3. The molecule has 0 spiro atoms. The van der Waals surface area contributed by atoms with Crippen molar-refractivity contribution in [3.05, 3.63) is 39.6 Å². The summed E-state index contributed by atoms with van der Waals surface area (Å²) in [7, 11) is 1.88. The number of rotatable bonds is 1. The lowest BCUT2D eigenvalue weighted by atomic mass is 10.2. The summed E-state index contributed by atoms with van der Waals surface area (Å²) in [5.74, 6) is 0.740. The molecular formula is C10H7Cl3N2. The number of hydrogen-bond acceptors (Lipinski definition) is 1. The van der Waals surface area contributed by atoms with Gasteiger partial charge in [0.25, 0.3) is 0 Å². The van der Waals surface area contributed by atoms with E-state index < -0.39 is 0 Å². The van der Waals surface area contributed by atoms with E-state index in [0.717, 1.165) is 11.4 Å². The quantitative estimate of drug-likeness (QED) is 0.708. The van der Waals surface area contributed by atoms with E-state index in [9.17, 15) is 0 Å². The van der Waals surface area contributed by atoms with E-state index in [1.165, 1.54) is 0 Å². The first-order valence-electron chi connectivity index (χ1n) is 4.22. The Bertz CT molecular complexity index is 505. The number of aryl methyl sites for hydroxylation is 1. The molecule has 2 rings (SSSR count). The molecule has 2 aromatic rings. The summed E-state index contributed by atoms with van der Waals surface area (Å²) >= 11 is 17.9. The van der Waals surface area contributed by atoms with E-state index in [1.54, 1.807) is 18.3 Å². The molecule has 0 aliphatic carbocycles. The van der Waals surface area contributed by atoms with E-state index in [4.69, 9.17) is 34.8 Å². The van der Waals surface area contributed by atoms with Crippen molar-refractivity contribution in [2.75, 3.05) is 0 Å². The van der Waals surface area contributed by atoms with Crippen LogP contribution in [-0.2, 0) is 7.05 Å². The molecule has 1 heterocycles. The van der Waals surface area contributed by atoms with Gasteiger partial charge in [-0.25, -0.2) is 4.98 Å². The molecule has 0 bridgehead atoms. The van der Waals surface area contributed by atoms with Gasteiger partial charge in [-0.2, -0.15) is 0 Å². The van der Waals surface area contributed by atoms with Gasteiger partial charge in [0.15, 0.2) is 0 Å². The van der Waals surface area contributed by atoms with Crippen molar-refractivity contribution < 1.29 is 0 Å². The molecule has 0 fully saturated rings. The molecule has 1 aromatic carbocycles. The fourth-order valence-corrected chi connectivity index (χ4v) is 2.03. The molecule has 0 aliphatic rings. The average Bonchev–Trinajstić information content (AvgIpc) is 2.58. The first-order chi connectivity index (χ1) is 7.09. The maximum absolute atomic E-state index is 6.08.